The number of quaternary nitrogens is 1. The fourth-order valence-corrected chi connectivity index (χ4v) is 5.46. The summed E-state index contributed by atoms with van der Waals surface area (Å²) in [5.41, 5.74) is -0.393. The molecule has 0 aromatic rings. The summed E-state index contributed by atoms with van der Waals surface area (Å²) >= 11 is 0. The largest absolute Gasteiger partial charge is 0.456 e. The number of hydrogen-bond donors (Lipinski definition) is 0. The number of rotatable bonds is 2. The van der Waals surface area contributed by atoms with Crippen LogP contribution >= 0.6 is 0 Å². The predicted molar refractivity (Wildman–Crippen MR) is 92.2 cm³/mol. The van der Waals surface area contributed by atoms with Gasteiger partial charge < -0.3 is 4.74 Å². The van der Waals surface area contributed by atoms with E-state index in [1.807, 2.05) is 20.8 Å². The van der Waals surface area contributed by atoms with Gasteiger partial charge in [0.1, 0.15) is 11.8 Å². The minimum atomic E-state index is -0.393. The van der Waals surface area contributed by atoms with Crippen LogP contribution in [0.5, 0.6) is 0 Å². The summed E-state index contributed by atoms with van der Waals surface area (Å²) in [6.45, 7) is 15.7. The molecule has 4 saturated heterocycles. The molecular formula is C18H33N4O2+. The second kappa shape index (κ2) is 5.94. The Labute approximate surface area is 145 Å². The molecule has 136 valence electrons. The fourth-order valence-electron chi connectivity index (χ4n) is 5.46. The van der Waals surface area contributed by atoms with Crippen molar-refractivity contribution in [1.29, 1.82) is 0 Å². The third-order valence-electron chi connectivity index (χ3n) is 6.26. The number of carbonyl (C=O) groups is 1. The highest BCUT2D eigenvalue weighted by Crippen LogP contribution is 2.37. The van der Waals surface area contributed by atoms with Gasteiger partial charge in [-0.05, 0) is 27.2 Å². The highest BCUT2D eigenvalue weighted by atomic mass is 16.6. The molecule has 6 heteroatoms. The van der Waals surface area contributed by atoms with Crippen molar-refractivity contribution in [3.05, 3.63) is 0 Å². The van der Waals surface area contributed by atoms with Crippen molar-refractivity contribution in [2.75, 3.05) is 58.9 Å². The third-order valence-corrected chi connectivity index (χ3v) is 6.26. The summed E-state index contributed by atoms with van der Waals surface area (Å²) < 4.78 is 6.62. The van der Waals surface area contributed by atoms with E-state index in [2.05, 4.69) is 14.7 Å². The number of nitrogens with zero attached hydrogens (tertiary/aromatic N) is 4. The molecule has 0 bridgehead atoms. The lowest BCUT2D eigenvalue weighted by molar-refractivity contribution is -0.972. The molecule has 6 nitrogen and oxygen atoms in total. The topological polar surface area (TPSA) is 36.0 Å². The van der Waals surface area contributed by atoms with Gasteiger partial charge in [-0.15, -0.1) is 0 Å². The van der Waals surface area contributed by atoms with Crippen LogP contribution in [0.3, 0.4) is 0 Å². The van der Waals surface area contributed by atoms with Gasteiger partial charge in [0.2, 0.25) is 0 Å². The molecule has 0 aromatic heterocycles. The van der Waals surface area contributed by atoms with Crippen LogP contribution in [0.1, 0.15) is 33.6 Å². The second-order valence-corrected chi connectivity index (χ2v) is 9.05. The van der Waals surface area contributed by atoms with Crippen molar-refractivity contribution in [3.63, 3.8) is 0 Å². The average Bonchev–Trinajstić information content (AvgIpc) is 2.51. The van der Waals surface area contributed by atoms with E-state index in [1.54, 1.807) is 0 Å². The minimum Gasteiger partial charge on any atom is -0.456 e. The molecule has 0 spiro atoms. The van der Waals surface area contributed by atoms with Crippen molar-refractivity contribution in [2.24, 2.45) is 0 Å². The molecular weight excluding hydrogens is 304 g/mol. The summed E-state index contributed by atoms with van der Waals surface area (Å²) in [6.07, 6.45) is 3.44. The Balaban J connectivity index is 1.60. The lowest BCUT2D eigenvalue weighted by Crippen LogP contribution is -2.83. The van der Waals surface area contributed by atoms with E-state index in [-0.39, 0.29) is 5.97 Å². The van der Waals surface area contributed by atoms with Gasteiger partial charge >= 0.3 is 5.97 Å². The van der Waals surface area contributed by atoms with Crippen LogP contribution in [0.2, 0.25) is 0 Å². The van der Waals surface area contributed by atoms with Crippen LogP contribution in [0.4, 0.5) is 0 Å². The van der Waals surface area contributed by atoms with E-state index < -0.39 is 5.60 Å². The normalized spacial score (nSPS) is 37.8. The van der Waals surface area contributed by atoms with Crippen LogP contribution in [0, 0.1) is 0 Å². The molecule has 0 radical (unpaired) electrons. The highest BCUT2D eigenvalue weighted by molar-refractivity contribution is 5.71. The molecule has 4 heterocycles. The second-order valence-electron chi connectivity index (χ2n) is 9.05. The fraction of sp³-hybridized carbons (Fsp3) is 0.944. The Bertz CT molecular complexity index is 500. The third kappa shape index (κ3) is 2.87. The van der Waals surface area contributed by atoms with Gasteiger partial charge in [0.15, 0.2) is 12.7 Å². The van der Waals surface area contributed by atoms with E-state index in [4.69, 9.17) is 4.74 Å². The maximum absolute atomic E-state index is 12.7. The number of piperazine rings is 2. The van der Waals surface area contributed by atoms with Gasteiger partial charge in [0.25, 0.3) is 0 Å². The zero-order chi connectivity index (χ0) is 16.9. The maximum atomic E-state index is 12.7. The monoisotopic (exact) mass is 337 g/mol. The summed E-state index contributed by atoms with van der Waals surface area (Å²) in [7, 11) is 0. The standard InChI is InChI=1S/C18H33N4O2/c1-18(2,3)24-15(23)14-22-12-5-8-21-10-9-19-6-4-7-20(11-13-22)16(19)17(21)22/h16-17H,4-14H2,1-3H3/q+1. The van der Waals surface area contributed by atoms with E-state index in [0.717, 1.165) is 30.7 Å². The smallest absolute Gasteiger partial charge is 0.362 e. The highest BCUT2D eigenvalue weighted by Gasteiger charge is 2.58. The van der Waals surface area contributed by atoms with Crippen molar-refractivity contribution >= 4 is 5.97 Å². The lowest BCUT2D eigenvalue weighted by atomic mass is 9.97. The number of ether oxygens (including phenoxy) is 1. The van der Waals surface area contributed by atoms with E-state index >= 15 is 0 Å². The predicted octanol–water partition coefficient (Wildman–Crippen LogP) is 0.538. The number of hydrogen-bond acceptors (Lipinski definition) is 5. The molecule has 24 heavy (non-hydrogen) atoms. The molecule has 4 aliphatic rings. The Kier molecular flexibility index (Phi) is 4.15. The van der Waals surface area contributed by atoms with Crippen molar-refractivity contribution < 1.29 is 14.0 Å². The molecule has 4 rings (SSSR count). The Hall–Kier alpha value is -0.690. The van der Waals surface area contributed by atoms with Crippen LogP contribution in [-0.2, 0) is 9.53 Å². The van der Waals surface area contributed by atoms with Gasteiger partial charge in [-0.25, -0.2) is 4.79 Å². The van der Waals surface area contributed by atoms with Gasteiger partial charge in [0, 0.05) is 45.7 Å². The molecule has 3 unspecified atom stereocenters. The van der Waals surface area contributed by atoms with E-state index in [0.29, 0.717) is 18.9 Å². The van der Waals surface area contributed by atoms with Gasteiger partial charge in [-0.3, -0.25) is 19.2 Å². The first-order valence-corrected chi connectivity index (χ1v) is 9.68. The van der Waals surface area contributed by atoms with Crippen molar-refractivity contribution in [2.45, 2.75) is 51.5 Å². The summed E-state index contributed by atoms with van der Waals surface area (Å²) in [5.74, 6) is -0.0225. The van der Waals surface area contributed by atoms with Gasteiger partial charge in [0.05, 0.1) is 13.1 Å². The Morgan fingerprint density at radius 3 is 2.38 bits per heavy atom. The molecule has 0 N–H and O–H groups in total. The first-order chi connectivity index (χ1) is 11.4. The van der Waals surface area contributed by atoms with E-state index in [9.17, 15) is 4.79 Å². The minimum absolute atomic E-state index is 0.0225. The van der Waals surface area contributed by atoms with Crippen LogP contribution in [0.25, 0.3) is 0 Å². The van der Waals surface area contributed by atoms with Crippen molar-refractivity contribution in [3.8, 4) is 0 Å². The molecule has 0 aliphatic carbocycles. The lowest BCUT2D eigenvalue weighted by Gasteiger charge is -2.64. The van der Waals surface area contributed by atoms with E-state index in [1.165, 1.54) is 39.0 Å². The summed E-state index contributed by atoms with van der Waals surface area (Å²) in [5, 5.41) is 0. The SMILES string of the molecule is CC(C)(C)OC(=O)C[N+]12CCCN3CCN4CCCN(CC1)C4C32. The molecule has 0 aromatic carbocycles. The summed E-state index contributed by atoms with van der Waals surface area (Å²) in [4.78, 5) is 20.7. The van der Waals surface area contributed by atoms with Gasteiger partial charge in [-0.1, -0.05) is 0 Å². The van der Waals surface area contributed by atoms with Crippen LogP contribution in [-0.4, -0.2) is 102 Å². The summed E-state index contributed by atoms with van der Waals surface area (Å²) in [6, 6.07) is 0. The first-order valence-electron chi connectivity index (χ1n) is 9.68. The molecule has 0 saturated carbocycles. The molecule has 0 amide bonds. The number of esters is 1. The Morgan fingerprint density at radius 2 is 1.62 bits per heavy atom. The van der Waals surface area contributed by atoms with Gasteiger partial charge in [-0.2, -0.15) is 0 Å². The Morgan fingerprint density at radius 1 is 0.958 bits per heavy atom. The average molecular weight is 337 g/mol. The molecule has 3 atom stereocenters. The number of carbonyl (C=O) groups excluding carboxylic acids is 1. The zero-order valence-electron chi connectivity index (χ0n) is 15.5. The molecule has 4 fully saturated rings. The molecule has 4 aliphatic heterocycles. The quantitative estimate of drug-likeness (QED) is 0.543. The first kappa shape index (κ1) is 16.8. The maximum Gasteiger partial charge on any atom is 0.362 e. The van der Waals surface area contributed by atoms with Crippen LogP contribution in [0.15, 0.2) is 0 Å². The zero-order valence-corrected chi connectivity index (χ0v) is 15.5. The van der Waals surface area contributed by atoms with Crippen LogP contribution < -0.4 is 0 Å². The van der Waals surface area contributed by atoms with Crippen molar-refractivity contribution in [1.82, 2.24) is 14.7 Å².